The molecule has 0 fully saturated rings. The minimum absolute atomic E-state index is 0.0902. The van der Waals surface area contributed by atoms with Crippen molar-refractivity contribution in [3.05, 3.63) is 96.2 Å². The van der Waals surface area contributed by atoms with Crippen molar-refractivity contribution in [1.82, 2.24) is 9.38 Å². The maximum Gasteiger partial charge on any atom is 0.274 e. The number of fused-ring (bicyclic) bond motifs is 3. The molecule has 2 heterocycles. The summed E-state index contributed by atoms with van der Waals surface area (Å²) >= 11 is 11.2. The number of rotatable bonds is 6. The van der Waals surface area contributed by atoms with Crippen molar-refractivity contribution >= 4 is 60.9 Å². The van der Waals surface area contributed by atoms with Crippen molar-refractivity contribution in [2.75, 3.05) is 6.61 Å². The summed E-state index contributed by atoms with van der Waals surface area (Å²) in [6, 6.07) is 18.9. The normalized spacial score (nSPS) is 12.0. The Morgan fingerprint density at radius 3 is 2.67 bits per heavy atom. The lowest BCUT2D eigenvalue weighted by Crippen LogP contribution is -2.22. The first-order chi connectivity index (χ1) is 16.0. The summed E-state index contributed by atoms with van der Waals surface area (Å²) in [5.74, 6) is 1.19. The second-order valence-electron chi connectivity index (χ2n) is 7.27. The van der Waals surface area contributed by atoms with Crippen molar-refractivity contribution in [2.45, 2.75) is 13.5 Å². The van der Waals surface area contributed by atoms with E-state index in [0.29, 0.717) is 39.2 Å². The number of ether oxygens (including phenoxy) is 2. The summed E-state index contributed by atoms with van der Waals surface area (Å²) in [5.41, 5.74) is 3.23. The van der Waals surface area contributed by atoms with Gasteiger partial charge in [0, 0.05) is 15.1 Å². The van der Waals surface area contributed by atoms with Gasteiger partial charge < -0.3 is 9.47 Å². The number of hydrogen-bond acceptors (Lipinski definition) is 5. The number of halogens is 2. The third kappa shape index (κ3) is 4.24. The SMILES string of the molecule is CCOc1cc(/C=c2\sc3nc4ccccc4n3c2=O)c(Br)cc1OCc1ccccc1Cl. The Kier molecular flexibility index (Phi) is 6.10. The molecule has 5 aromatic rings. The highest BCUT2D eigenvalue weighted by atomic mass is 79.9. The fraction of sp³-hybridized carbons (Fsp3) is 0.120. The Morgan fingerprint density at radius 2 is 1.85 bits per heavy atom. The molecule has 0 aliphatic heterocycles. The van der Waals surface area contributed by atoms with Crippen LogP contribution in [-0.2, 0) is 6.61 Å². The van der Waals surface area contributed by atoms with Crippen LogP contribution >= 0.6 is 38.9 Å². The van der Waals surface area contributed by atoms with Crippen molar-refractivity contribution in [2.24, 2.45) is 0 Å². The Balaban J connectivity index is 1.54. The predicted octanol–water partition coefficient (Wildman–Crippen LogP) is 5.85. The van der Waals surface area contributed by atoms with Crippen LogP contribution in [0.25, 0.3) is 22.1 Å². The number of imidazole rings is 1. The standard InChI is InChI=1S/C25H18BrClN2O3S/c1-2-31-21-11-16(17(26)13-22(21)32-14-15-7-3-4-8-18(15)27)12-23-24(30)29-20-10-6-5-9-19(20)28-25(29)33-23/h3-13H,2,14H2,1H3/b23-12-. The highest BCUT2D eigenvalue weighted by molar-refractivity contribution is 9.10. The van der Waals surface area contributed by atoms with E-state index in [0.717, 1.165) is 26.6 Å². The molecule has 0 amide bonds. The monoisotopic (exact) mass is 540 g/mol. The van der Waals surface area contributed by atoms with Crippen molar-refractivity contribution in [1.29, 1.82) is 0 Å². The van der Waals surface area contributed by atoms with Crippen molar-refractivity contribution < 1.29 is 9.47 Å². The van der Waals surface area contributed by atoms with Crippen LogP contribution in [0.15, 0.2) is 69.9 Å². The summed E-state index contributed by atoms with van der Waals surface area (Å²) in [7, 11) is 0. The van der Waals surface area contributed by atoms with Gasteiger partial charge in [0.05, 0.1) is 22.2 Å². The van der Waals surface area contributed by atoms with E-state index in [1.165, 1.54) is 11.3 Å². The lowest BCUT2D eigenvalue weighted by Gasteiger charge is -2.14. The van der Waals surface area contributed by atoms with Gasteiger partial charge in [-0.05, 0) is 48.9 Å². The Labute approximate surface area is 207 Å². The fourth-order valence-electron chi connectivity index (χ4n) is 3.57. The first-order valence-corrected chi connectivity index (χ1v) is 12.3. The van der Waals surface area contributed by atoms with Crippen LogP contribution in [0.1, 0.15) is 18.1 Å². The molecule has 0 unspecified atom stereocenters. The average molecular weight is 542 g/mol. The van der Waals surface area contributed by atoms with Gasteiger partial charge in [0.25, 0.3) is 5.56 Å². The number of benzene rings is 3. The van der Waals surface area contributed by atoms with Crippen LogP contribution in [0.4, 0.5) is 0 Å². The molecule has 0 saturated heterocycles. The highest BCUT2D eigenvalue weighted by Crippen LogP contribution is 2.35. The van der Waals surface area contributed by atoms with Crippen LogP contribution in [0.2, 0.25) is 5.02 Å². The average Bonchev–Trinajstić information content (AvgIpc) is 3.32. The second-order valence-corrected chi connectivity index (χ2v) is 9.54. The molecule has 0 aliphatic rings. The van der Waals surface area contributed by atoms with Crippen LogP contribution in [0.3, 0.4) is 0 Å². The number of hydrogen-bond donors (Lipinski definition) is 0. The number of thiazole rings is 1. The maximum atomic E-state index is 13.1. The third-order valence-corrected chi connectivity index (χ3v) is 7.16. The highest BCUT2D eigenvalue weighted by Gasteiger charge is 2.14. The topological polar surface area (TPSA) is 52.8 Å². The summed E-state index contributed by atoms with van der Waals surface area (Å²) in [4.78, 5) is 18.4. The van der Waals surface area contributed by atoms with Gasteiger partial charge in [-0.2, -0.15) is 0 Å². The van der Waals surface area contributed by atoms with E-state index in [1.54, 1.807) is 4.40 Å². The van der Waals surface area contributed by atoms with Gasteiger partial charge in [-0.25, -0.2) is 9.38 Å². The van der Waals surface area contributed by atoms with Crippen LogP contribution in [0.5, 0.6) is 11.5 Å². The largest absolute Gasteiger partial charge is 0.490 e. The summed E-state index contributed by atoms with van der Waals surface area (Å²) in [6.07, 6.45) is 1.85. The molecule has 8 heteroatoms. The molecule has 3 aromatic carbocycles. The molecule has 0 spiro atoms. The van der Waals surface area contributed by atoms with Crippen molar-refractivity contribution in [3.8, 4) is 11.5 Å². The van der Waals surface area contributed by atoms with Crippen molar-refractivity contribution in [3.63, 3.8) is 0 Å². The molecular weight excluding hydrogens is 524 g/mol. The quantitative estimate of drug-likeness (QED) is 0.271. The van der Waals surface area contributed by atoms with Gasteiger partial charge >= 0.3 is 0 Å². The minimum atomic E-state index is -0.0902. The van der Waals surface area contributed by atoms with E-state index in [4.69, 9.17) is 21.1 Å². The van der Waals surface area contributed by atoms with Crippen LogP contribution in [0, 0.1) is 0 Å². The molecule has 0 aliphatic carbocycles. The Bertz CT molecular complexity index is 1600. The van der Waals surface area contributed by atoms with E-state index in [1.807, 2.05) is 73.7 Å². The zero-order valence-corrected chi connectivity index (χ0v) is 20.7. The predicted molar refractivity (Wildman–Crippen MR) is 137 cm³/mol. The first kappa shape index (κ1) is 21.9. The lowest BCUT2D eigenvalue weighted by atomic mass is 10.2. The Hall–Kier alpha value is -2.87. The van der Waals surface area contributed by atoms with Gasteiger partial charge in [-0.1, -0.05) is 69.2 Å². The molecule has 33 heavy (non-hydrogen) atoms. The van der Waals surface area contributed by atoms with Gasteiger partial charge in [-0.3, -0.25) is 4.79 Å². The van der Waals surface area contributed by atoms with Gasteiger partial charge in [-0.15, -0.1) is 0 Å². The summed E-state index contributed by atoms with van der Waals surface area (Å²) in [5, 5.41) is 0.651. The van der Waals surface area contributed by atoms with E-state index in [2.05, 4.69) is 20.9 Å². The molecule has 5 rings (SSSR count). The van der Waals surface area contributed by atoms with E-state index >= 15 is 0 Å². The molecule has 0 atom stereocenters. The fourth-order valence-corrected chi connectivity index (χ4v) is 5.17. The minimum Gasteiger partial charge on any atom is -0.490 e. The Morgan fingerprint density at radius 1 is 1.09 bits per heavy atom. The number of nitrogens with zero attached hydrogens (tertiary/aromatic N) is 2. The van der Waals surface area contributed by atoms with E-state index < -0.39 is 0 Å². The zero-order valence-electron chi connectivity index (χ0n) is 17.5. The molecule has 0 bridgehead atoms. The molecule has 0 N–H and O–H groups in total. The van der Waals surface area contributed by atoms with Crippen LogP contribution in [-0.4, -0.2) is 16.0 Å². The summed E-state index contributed by atoms with van der Waals surface area (Å²) < 4.78 is 14.9. The molecule has 0 saturated carbocycles. The lowest BCUT2D eigenvalue weighted by molar-refractivity contribution is 0.269. The van der Waals surface area contributed by atoms with Gasteiger partial charge in [0.1, 0.15) is 6.61 Å². The molecule has 166 valence electrons. The number of para-hydroxylation sites is 2. The molecular formula is C25H18BrClN2O3S. The third-order valence-electron chi connectivity index (χ3n) is 5.14. The zero-order chi connectivity index (χ0) is 22.9. The van der Waals surface area contributed by atoms with Gasteiger partial charge in [0.15, 0.2) is 16.5 Å². The second kappa shape index (κ2) is 9.17. The van der Waals surface area contributed by atoms with E-state index in [-0.39, 0.29) is 5.56 Å². The van der Waals surface area contributed by atoms with Gasteiger partial charge in [0.2, 0.25) is 0 Å². The summed E-state index contributed by atoms with van der Waals surface area (Å²) in [6.45, 7) is 2.71. The smallest absolute Gasteiger partial charge is 0.274 e. The van der Waals surface area contributed by atoms with E-state index in [9.17, 15) is 4.79 Å². The molecule has 5 nitrogen and oxygen atoms in total. The maximum absolute atomic E-state index is 13.1. The molecule has 0 radical (unpaired) electrons. The first-order valence-electron chi connectivity index (χ1n) is 10.3. The number of aromatic nitrogens is 2. The molecule has 2 aromatic heterocycles. The van der Waals surface area contributed by atoms with Crippen LogP contribution < -0.4 is 19.6 Å².